The molecule has 1 aromatic carbocycles. The second-order valence-electron chi connectivity index (χ2n) is 5.48. The molecule has 3 aromatic rings. The first-order chi connectivity index (χ1) is 11.9. The Kier molecular flexibility index (Phi) is 4.73. The van der Waals surface area contributed by atoms with Crippen LogP contribution in [0.15, 0.2) is 47.1 Å². The van der Waals surface area contributed by atoms with Gasteiger partial charge < -0.3 is 4.74 Å². The zero-order valence-electron chi connectivity index (χ0n) is 14.0. The van der Waals surface area contributed by atoms with Gasteiger partial charge in [-0.15, -0.1) is 11.3 Å². The third-order valence-electron chi connectivity index (χ3n) is 3.65. The molecule has 0 aliphatic heterocycles. The van der Waals surface area contributed by atoms with Crippen LogP contribution in [0.5, 0.6) is 5.88 Å². The highest BCUT2D eigenvalue weighted by atomic mass is 32.2. The van der Waals surface area contributed by atoms with Crippen LogP contribution in [0.3, 0.4) is 0 Å². The highest BCUT2D eigenvalue weighted by molar-refractivity contribution is 7.92. The molecule has 130 valence electrons. The fourth-order valence-corrected chi connectivity index (χ4v) is 4.05. The summed E-state index contributed by atoms with van der Waals surface area (Å²) in [5.74, 6) is 0.189. The molecule has 2 aromatic heterocycles. The van der Waals surface area contributed by atoms with E-state index in [4.69, 9.17) is 4.74 Å². The molecule has 8 heteroatoms. The predicted molar refractivity (Wildman–Crippen MR) is 98.6 cm³/mol. The minimum atomic E-state index is -3.84. The van der Waals surface area contributed by atoms with E-state index in [0.29, 0.717) is 5.69 Å². The second kappa shape index (κ2) is 6.81. The van der Waals surface area contributed by atoms with Crippen molar-refractivity contribution in [2.75, 3.05) is 11.8 Å². The summed E-state index contributed by atoms with van der Waals surface area (Å²) in [6, 6.07) is 9.04. The van der Waals surface area contributed by atoms with Crippen LogP contribution in [0.2, 0.25) is 0 Å². The number of hydrogen-bond acceptors (Lipinski definition) is 6. The van der Waals surface area contributed by atoms with Gasteiger partial charge in [0, 0.05) is 10.9 Å². The summed E-state index contributed by atoms with van der Waals surface area (Å²) in [5, 5.41) is 1.91. The third kappa shape index (κ3) is 3.80. The lowest BCUT2D eigenvalue weighted by Gasteiger charge is -2.12. The molecule has 6 nitrogen and oxygen atoms in total. The molecule has 0 radical (unpaired) electrons. The molecule has 0 aliphatic rings. The van der Waals surface area contributed by atoms with Gasteiger partial charge in [0.25, 0.3) is 10.0 Å². The molecule has 1 N–H and O–H groups in total. The van der Waals surface area contributed by atoms with E-state index in [9.17, 15) is 8.42 Å². The van der Waals surface area contributed by atoms with E-state index in [1.807, 2.05) is 37.4 Å². The summed E-state index contributed by atoms with van der Waals surface area (Å²) in [7, 11) is -2.42. The fraction of sp³-hybridized carbons (Fsp3) is 0.176. The van der Waals surface area contributed by atoms with Crippen LogP contribution in [0.25, 0.3) is 11.1 Å². The van der Waals surface area contributed by atoms with Gasteiger partial charge in [0.1, 0.15) is 6.33 Å². The van der Waals surface area contributed by atoms with E-state index in [1.165, 1.54) is 18.1 Å². The Morgan fingerprint density at radius 1 is 1.08 bits per heavy atom. The molecule has 2 heterocycles. The Morgan fingerprint density at radius 2 is 1.88 bits per heavy atom. The summed E-state index contributed by atoms with van der Waals surface area (Å²) in [6.45, 7) is 3.88. The molecule has 0 spiro atoms. The maximum atomic E-state index is 12.6. The van der Waals surface area contributed by atoms with Crippen molar-refractivity contribution in [2.45, 2.75) is 18.9 Å². The molecule has 3 rings (SSSR count). The van der Waals surface area contributed by atoms with Crippen molar-refractivity contribution in [2.24, 2.45) is 0 Å². The third-order valence-corrected chi connectivity index (χ3v) is 5.77. The second-order valence-corrected chi connectivity index (χ2v) is 8.22. The lowest BCUT2D eigenvalue weighted by Crippen LogP contribution is -2.15. The molecule has 0 saturated heterocycles. The smallest absolute Gasteiger partial charge is 0.279 e. The number of aryl methyl sites for hydroxylation is 2. The average Bonchev–Trinajstić information content (AvgIpc) is 3.03. The maximum absolute atomic E-state index is 12.6. The number of ether oxygens (including phenoxy) is 1. The monoisotopic (exact) mass is 375 g/mol. The molecule has 0 atom stereocenters. The zero-order valence-corrected chi connectivity index (χ0v) is 15.6. The largest absolute Gasteiger partial charge is 0.481 e. The van der Waals surface area contributed by atoms with Gasteiger partial charge in [-0.25, -0.2) is 9.97 Å². The number of sulfonamides is 1. The first kappa shape index (κ1) is 17.4. The van der Waals surface area contributed by atoms with Crippen LogP contribution < -0.4 is 9.46 Å². The Hall–Kier alpha value is -2.45. The van der Waals surface area contributed by atoms with Crippen molar-refractivity contribution >= 4 is 27.0 Å². The lowest BCUT2D eigenvalue weighted by molar-refractivity contribution is 0.394. The number of hydrogen-bond donors (Lipinski definition) is 1. The van der Waals surface area contributed by atoms with Gasteiger partial charge in [-0.2, -0.15) is 8.42 Å². The predicted octanol–water partition coefficient (Wildman–Crippen LogP) is 3.63. The molecule has 0 aliphatic carbocycles. The first-order valence-electron chi connectivity index (χ1n) is 7.44. The van der Waals surface area contributed by atoms with E-state index in [1.54, 1.807) is 11.3 Å². The molecule has 0 saturated carbocycles. The SMILES string of the molecule is COc1cc(S(=O)(=O)Nc2cc(-c3csc(C)c3)ccc2C)ncn1. The molecule has 25 heavy (non-hydrogen) atoms. The van der Waals surface area contributed by atoms with Crippen LogP contribution in [0.4, 0.5) is 5.69 Å². The van der Waals surface area contributed by atoms with Crippen LogP contribution in [-0.4, -0.2) is 25.5 Å². The van der Waals surface area contributed by atoms with E-state index in [0.717, 1.165) is 23.0 Å². The van der Waals surface area contributed by atoms with E-state index in [2.05, 4.69) is 20.8 Å². The highest BCUT2D eigenvalue weighted by Crippen LogP contribution is 2.30. The molecular formula is C17H17N3O3S2. The van der Waals surface area contributed by atoms with Gasteiger partial charge in [-0.1, -0.05) is 12.1 Å². The number of aromatic nitrogens is 2. The van der Waals surface area contributed by atoms with Gasteiger partial charge in [-0.3, -0.25) is 4.72 Å². The van der Waals surface area contributed by atoms with Crippen molar-refractivity contribution < 1.29 is 13.2 Å². The Bertz CT molecular complexity index is 1010. The zero-order chi connectivity index (χ0) is 18.0. The Morgan fingerprint density at radius 3 is 2.56 bits per heavy atom. The normalized spacial score (nSPS) is 11.3. The molecule has 0 bridgehead atoms. The summed E-state index contributed by atoms with van der Waals surface area (Å²) in [4.78, 5) is 8.86. The molecule has 0 fully saturated rings. The summed E-state index contributed by atoms with van der Waals surface area (Å²) >= 11 is 1.65. The number of anilines is 1. The summed E-state index contributed by atoms with van der Waals surface area (Å²) in [6.07, 6.45) is 1.16. The molecule has 0 amide bonds. The fourth-order valence-electron chi connectivity index (χ4n) is 2.28. The number of benzene rings is 1. The topological polar surface area (TPSA) is 81.2 Å². The van der Waals surface area contributed by atoms with Gasteiger partial charge in [0.15, 0.2) is 5.03 Å². The number of methoxy groups -OCH3 is 1. The van der Waals surface area contributed by atoms with E-state index >= 15 is 0 Å². The number of thiophene rings is 1. The Balaban J connectivity index is 1.96. The average molecular weight is 375 g/mol. The molecule has 0 unspecified atom stereocenters. The minimum absolute atomic E-state index is 0.143. The maximum Gasteiger partial charge on any atom is 0.279 e. The lowest BCUT2D eigenvalue weighted by atomic mass is 10.1. The van der Waals surface area contributed by atoms with E-state index in [-0.39, 0.29) is 10.9 Å². The van der Waals surface area contributed by atoms with E-state index < -0.39 is 10.0 Å². The van der Waals surface area contributed by atoms with Crippen LogP contribution in [0, 0.1) is 13.8 Å². The number of rotatable bonds is 5. The first-order valence-corrected chi connectivity index (χ1v) is 9.80. The number of nitrogens with zero attached hydrogens (tertiary/aromatic N) is 2. The summed E-state index contributed by atoms with van der Waals surface area (Å²) in [5.41, 5.74) is 3.35. The van der Waals surface area contributed by atoms with Gasteiger partial charge in [0.2, 0.25) is 5.88 Å². The highest BCUT2D eigenvalue weighted by Gasteiger charge is 2.18. The van der Waals surface area contributed by atoms with Crippen LogP contribution in [0.1, 0.15) is 10.4 Å². The van der Waals surface area contributed by atoms with Crippen LogP contribution >= 0.6 is 11.3 Å². The van der Waals surface area contributed by atoms with Crippen molar-refractivity contribution in [3.05, 3.63) is 52.5 Å². The quantitative estimate of drug-likeness (QED) is 0.689. The van der Waals surface area contributed by atoms with Crippen molar-refractivity contribution in [3.63, 3.8) is 0 Å². The molecular weight excluding hydrogens is 358 g/mol. The van der Waals surface area contributed by atoms with Gasteiger partial charge in [-0.05, 0) is 48.1 Å². The Labute approximate surface area is 150 Å². The van der Waals surface area contributed by atoms with Crippen molar-refractivity contribution in [1.29, 1.82) is 0 Å². The number of nitrogens with one attached hydrogen (secondary N) is 1. The van der Waals surface area contributed by atoms with Gasteiger partial charge >= 0.3 is 0 Å². The van der Waals surface area contributed by atoms with Gasteiger partial charge in [0.05, 0.1) is 12.8 Å². The summed E-state index contributed by atoms with van der Waals surface area (Å²) < 4.78 is 32.8. The van der Waals surface area contributed by atoms with Crippen molar-refractivity contribution in [3.8, 4) is 17.0 Å². The van der Waals surface area contributed by atoms with Crippen LogP contribution in [-0.2, 0) is 10.0 Å². The standard InChI is InChI=1S/C17H17N3O3S2/c1-11-4-5-13(14-6-12(2)24-9-14)7-15(11)20-25(21,22)17-8-16(23-3)18-10-19-17/h4-10,20H,1-3H3. The van der Waals surface area contributed by atoms with Crippen molar-refractivity contribution in [1.82, 2.24) is 9.97 Å². The minimum Gasteiger partial charge on any atom is -0.481 e.